The van der Waals surface area contributed by atoms with Gasteiger partial charge in [-0.25, -0.2) is 0 Å². The predicted molar refractivity (Wildman–Crippen MR) is 52.9 cm³/mol. The van der Waals surface area contributed by atoms with Gasteiger partial charge in [-0.1, -0.05) is 6.07 Å². The molecule has 1 aromatic carbocycles. The average molecular weight is 194 g/mol. The molecule has 0 radical (unpaired) electrons. The first-order valence-corrected chi connectivity index (χ1v) is 4.77. The SMILES string of the molecule is CCOc1ccc([C@@H]2CO2)cc1OC. The van der Waals surface area contributed by atoms with Gasteiger partial charge in [0.25, 0.3) is 0 Å². The summed E-state index contributed by atoms with van der Waals surface area (Å²) in [6.45, 7) is 3.42. The van der Waals surface area contributed by atoms with Crippen LogP contribution in [0.2, 0.25) is 0 Å². The van der Waals surface area contributed by atoms with Gasteiger partial charge in [-0.2, -0.15) is 0 Å². The maximum Gasteiger partial charge on any atom is 0.161 e. The summed E-state index contributed by atoms with van der Waals surface area (Å²) in [6, 6.07) is 5.92. The third-order valence-corrected chi connectivity index (χ3v) is 2.19. The monoisotopic (exact) mass is 194 g/mol. The molecular weight excluding hydrogens is 180 g/mol. The number of methoxy groups -OCH3 is 1. The Bertz CT molecular complexity index is 318. The quantitative estimate of drug-likeness (QED) is 0.688. The summed E-state index contributed by atoms with van der Waals surface area (Å²) in [5, 5.41) is 0. The van der Waals surface area contributed by atoms with Crippen LogP contribution in [0.5, 0.6) is 11.5 Å². The van der Waals surface area contributed by atoms with Crippen LogP contribution in [-0.2, 0) is 4.74 Å². The standard InChI is InChI=1S/C11H14O3/c1-3-13-9-5-4-8(11-7-14-11)6-10(9)12-2/h4-6,11H,3,7H2,1-2H3/t11-/m0/s1. The van der Waals surface area contributed by atoms with Gasteiger partial charge in [0.05, 0.1) is 20.3 Å². The van der Waals surface area contributed by atoms with Gasteiger partial charge in [-0.05, 0) is 24.6 Å². The molecule has 1 saturated heterocycles. The van der Waals surface area contributed by atoms with Crippen LogP contribution in [0.4, 0.5) is 0 Å². The van der Waals surface area contributed by atoms with E-state index in [4.69, 9.17) is 14.2 Å². The summed E-state index contributed by atoms with van der Waals surface area (Å²) >= 11 is 0. The third kappa shape index (κ3) is 1.82. The molecule has 0 N–H and O–H groups in total. The van der Waals surface area contributed by atoms with Crippen molar-refractivity contribution in [3.8, 4) is 11.5 Å². The molecular formula is C11H14O3. The van der Waals surface area contributed by atoms with Gasteiger partial charge in [-0.3, -0.25) is 0 Å². The van der Waals surface area contributed by atoms with E-state index in [0.29, 0.717) is 6.61 Å². The molecule has 1 aliphatic rings. The van der Waals surface area contributed by atoms with E-state index in [0.717, 1.165) is 23.7 Å². The van der Waals surface area contributed by atoms with Crippen molar-refractivity contribution in [3.05, 3.63) is 23.8 Å². The largest absolute Gasteiger partial charge is 0.493 e. The van der Waals surface area contributed by atoms with Crippen LogP contribution < -0.4 is 9.47 Å². The van der Waals surface area contributed by atoms with Crippen LogP contribution >= 0.6 is 0 Å². The number of benzene rings is 1. The molecule has 1 aromatic rings. The van der Waals surface area contributed by atoms with Crippen molar-refractivity contribution in [3.63, 3.8) is 0 Å². The van der Waals surface area contributed by atoms with E-state index in [2.05, 4.69) is 0 Å². The lowest BCUT2D eigenvalue weighted by atomic mass is 10.1. The van der Waals surface area contributed by atoms with Crippen molar-refractivity contribution in [2.24, 2.45) is 0 Å². The fraction of sp³-hybridized carbons (Fsp3) is 0.455. The fourth-order valence-corrected chi connectivity index (χ4v) is 1.40. The minimum absolute atomic E-state index is 0.263. The Morgan fingerprint density at radius 2 is 2.21 bits per heavy atom. The van der Waals surface area contributed by atoms with Gasteiger partial charge in [0.2, 0.25) is 0 Å². The first-order chi connectivity index (χ1) is 6.85. The van der Waals surface area contributed by atoms with Crippen molar-refractivity contribution >= 4 is 0 Å². The van der Waals surface area contributed by atoms with Crippen LogP contribution in [-0.4, -0.2) is 20.3 Å². The average Bonchev–Trinajstić information content (AvgIpc) is 3.02. The van der Waals surface area contributed by atoms with E-state index in [-0.39, 0.29) is 6.10 Å². The minimum Gasteiger partial charge on any atom is -0.493 e. The number of rotatable bonds is 4. The first kappa shape index (κ1) is 9.34. The fourth-order valence-electron chi connectivity index (χ4n) is 1.40. The molecule has 3 heteroatoms. The molecule has 0 aliphatic carbocycles. The zero-order chi connectivity index (χ0) is 9.97. The second-order valence-electron chi connectivity index (χ2n) is 3.17. The highest BCUT2D eigenvalue weighted by atomic mass is 16.6. The van der Waals surface area contributed by atoms with Gasteiger partial charge in [0.1, 0.15) is 6.10 Å². The Labute approximate surface area is 83.6 Å². The van der Waals surface area contributed by atoms with Crippen molar-refractivity contribution in [2.45, 2.75) is 13.0 Å². The molecule has 1 heterocycles. The van der Waals surface area contributed by atoms with Crippen molar-refractivity contribution in [1.29, 1.82) is 0 Å². The van der Waals surface area contributed by atoms with Crippen molar-refractivity contribution in [1.82, 2.24) is 0 Å². The predicted octanol–water partition coefficient (Wildman–Crippen LogP) is 2.17. The molecule has 0 aromatic heterocycles. The van der Waals surface area contributed by atoms with Gasteiger partial charge >= 0.3 is 0 Å². The number of hydrogen-bond acceptors (Lipinski definition) is 3. The molecule has 76 valence electrons. The second-order valence-corrected chi connectivity index (χ2v) is 3.17. The zero-order valence-corrected chi connectivity index (χ0v) is 8.45. The van der Waals surface area contributed by atoms with Gasteiger partial charge in [-0.15, -0.1) is 0 Å². The van der Waals surface area contributed by atoms with Crippen LogP contribution in [0, 0.1) is 0 Å². The normalized spacial score (nSPS) is 19.1. The zero-order valence-electron chi connectivity index (χ0n) is 8.45. The topological polar surface area (TPSA) is 31.0 Å². The van der Waals surface area contributed by atoms with Crippen LogP contribution in [0.3, 0.4) is 0 Å². The van der Waals surface area contributed by atoms with E-state index in [1.165, 1.54) is 0 Å². The molecule has 3 nitrogen and oxygen atoms in total. The van der Waals surface area contributed by atoms with E-state index < -0.39 is 0 Å². The minimum atomic E-state index is 0.263. The van der Waals surface area contributed by atoms with Crippen LogP contribution in [0.1, 0.15) is 18.6 Å². The van der Waals surface area contributed by atoms with Gasteiger partial charge < -0.3 is 14.2 Å². The molecule has 0 bridgehead atoms. The van der Waals surface area contributed by atoms with Crippen molar-refractivity contribution in [2.75, 3.05) is 20.3 Å². The van der Waals surface area contributed by atoms with Gasteiger partial charge in [0, 0.05) is 0 Å². The molecule has 0 unspecified atom stereocenters. The van der Waals surface area contributed by atoms with Crippen molar-refractivity contribution < 1.29 is 14.2 Å². The lowest BCUT2D eigenvalue weighted by Crippen LogP contribution is -1.96. The highest BCUT2D eigenvalue weighted by Crippen LogP contribution is 2.36. The molecule has 0 spiro atoms. The molecule has 0 saturated carbocycles. The van der Waals surface area contributed by atoms with E-state index in [1.807, 2.05) is 25.1 Å². The molecule has 1 atom stereocenters. The molecule has 0 amide bonds. The van der Waals surface area contributed by atoms with E-state index in [1.54, 1.807) is 7.11 Å². The number of epoxide rings is 1. The Balaban J connectivity index is 2.24. The number of ether oxygens (including phenoxy) is 3. The summed E-state index contributed by atoms with van der Waals surface area (Å²) in [4.78, 5) is 0. The third-order valence-electron chi connectivity index (χ3n) is 2.19. The smallest absolute Gasteiger partial charge is 0.161 e. The Hall–Kier alpha value is -1.22. The van der Waals surface area contributed by atoms with E-state index in [9.17, 15) is 0 Å². The highest BCUT2D eigenvalue weighted by Gasteiger charge is 2.25. The lowest BCUT2D eigenvalue weighted by molar-refractivity contribution is 0.310. The molecule has 1 aliphatic heterocycles. The summed E-state index contributed by atoms with van der Waals surface area (Å²) in [5.74, 6) is 1.57. The van der Waals surface area contributed by atoms with Crippen LogP contribution in [0.25, 0.3) is 0 Å². The van der Waals surface area contributed by atoms with E-state index >= 15 is 0 Å². The van der Waals surface area contributed by atoms with Crippen LogP contribution in [0.15, 0.2) is 18.2 Å². The lowest BCUT2D eigenvalue weighted by Gasteiger charge is -2.09. The second kappa shape index (κ2) is 3.88. The summed E-state index contributed by atoms with van der Waals surface area (Å²) in [7, 11) is 1.65. The first-order valence-electron chi connectivity index (χ1n) is 4.77. The Morgan fingerprint density at radius 3 is 2.79 bits per heavy atom. The maximum absolute atomic E-state index is 5.42. The summed E-state index contributed by atoms with van der Waals surface area (Å²) < 4.78 is 15.9. The summed E-state index contributed by atoms with van der Waals surface area (Å²) in [5.41, 5.74) is 1.16. The highest BCUT2D eigenvalue weighted by molar-refractivity contribution is 5.44. The Kier molecular flexibility index (Phi) is 2.59. The molecule has 1 fully saturated rings. The summed E-state index contributed by atoms with van der Waals surface area (Å²) in [6.07, 6.45) is 0.263. The molecule has 14 heavy (non-hydrogen) atoms. The molecule has 2 rings (SSSR count). The Morgan fingerprint density at radius 1 is 1.43 bits per heavy atom. The number of hydrogen-bond donors (Lipinski definition) is 0. The maximum atomic E-state index is 5.42. The van der Waals surface area contributed by atoms with Gasteiger partial charge in [0.15, 0.2) is 11.5 Å².